The van der Waals surface area contributed by atoms with Gasteiger partial charge in [-0.1, -0.05) is 48.5 Å². The molecule has 4 heteroatoms. The van der Waals surface area contributed by atoms with Crippen LogP contribution in [0.25, 0.3) is 79.9 Å². The second-order valence-electron chi connectivity index (χ2n) is 13.3. The van der Waals surface area contributed by atoms with Crippen molar-refractivity contribution in [2.45, 2.75) is 0 Å². The Labute approximate surface area is 305 Å². The average Bonchev–Trinajstić information content (AvgIpc) is 3.88. The molecule has 0 spiro atoms. The third-order valence-electron chi connectivity index (χ3n) is 10.4. The van der Waals surface area contributed by atoms with Gasteiger partial charge in [-0.05, 0) is 24.3 Å². The smallest absolute Gasteiger partial charge is 0.0602 e. The Balaban J connectivity index is 1.11. The van der Waals surface area contributed by atoms with Crippen molar-refractivity contribution in [3.8, 4) is 16.8 Å². The van der Waals surface area contributed by atoms with Gasteiger partial charge in [-0.2, -0.15) is 0 Å². The number of hydrogen-bond acceptors (Lipinski definition) is 2. The summed E-state index contributed by atoms with van der Waals surface area (Å²) in [5.41, 5.74) is 11.0. The van der Waals surface area contributed by atoms with E-state index in [9.17, 15) is 0 Å². The Bertz CT molecular complexity index is 3130. The predicted octanol–water partition coefficient (Wildman–Crippen LogP) is 13.2. The molecular formula is C48H30N2OSe. The number of nitrogens with zero attached hydrogens (tertiary/aromatic N) is 2. The molecule has 0 N–H and O–H groups in total. The van der Waals surface area contributed by atoms with E-state index in [4.69, 9.17) is 4.42 Å². The van der Waals surface area contributed by atoms with Gasteiger partial charge in [-0.25, -0.2) is 0 Å². The summed E-state index contributed by atoms with van der Waals surface area (Å²) in [5, 5.41) is 7.42. The molecule has 3 aromatic heterocycles. The molecule has 0 saturated heterocycles. The third-order valence-corrected chi connectivity index (χ3v) is 12.8. The molecule has 0 unspecified atom stereocenters. The summed E-state index contributed by atoms with van der Waals surface area (Å²) in [4.78, 5) is 2.39. The maximum absolute atomic E-state index is 6.40. The summed E-state index contributed by atoms with van der Waals surface area (Å²) in [6.45, 7) is 0. The number of aromatic nitrogens is 1. The second-order valence-corrected chi connectivity index (χ2v) is 15.6. The van der Waals surface area contributed by atoms with Crippen LogP contribution in [-0.2, 0) is 0 Å². The zero-order chi connectivity index (χ0) is 34.2. The van der Waals surface area contributed by atoms with Crippen LogP contribution in [-0.4, -0.2) is 19.1 Å². The molecule has 0 saturated carbocycles. The molecule has 0 amide bonds. The Morgan fingerprint density at radius 3 is 1.98 bits per heavy atom. The number of hydrogen-bond donors (Lipinski definition) is 0. The molecule has 3 nitrogen and oxygen atoms in total. The first-order valence-electron chi connectivity index (χ1n) is 17.6. The van der Waals surface area contributed by atoms with Gasteiger partial charge in [0.15, 0.2) is 0 Å². The summed E-state index contributed by atoms with van der Waals surface area (Å²) >= 11 is 0.326. The van der Waals surface area contributed by atoms with Gasteiger partial charge in [0.2, 0.25) is 0 Å². The second kappa shape index (κ2) is 11.6. The van der Waals surface area contributed by atoms with Crippen LogP contribution in [0.3, 0.4) is 0 Å². The fourth-order valence-electron chi connectivity index (χ4n) is 8.03. The van der Waals surface area contributed by atoms with Crippen molar-refractivity contribution in [1.29, 1.82) is 0 Å². The van der Waals surface area contributed by atoms with Crippen LogP contribution in [0.1, 0.15) is 0 Å². The van der Waals surface area contributed by atoms with Crippen LogP contribution in [0.2, 0.25) is 0 Å². The van der Waals surface area contributed by atoms with Gasteiger partial charge < -0.3 is 4.57 Å². The van der Waals surface area contributed by atoms with E-state index in [0.29, 0.717) is 14.5 Å². The van der Waals surface area contributed by atoms with E-state index in [2.05, 4.69) is 185 Å². The third kappa shape index (κ3) is 4.52. The van der Waals surface area contributed by atoms with Gasteiger partial charge in [-0.3, -0.25) is 0 Å². The molecule has 52 heavy (non-hydrogen) atoms. The molecule has 0 bridgehead atoms. The summed E-state index contributed by atoms with van der Waals surface area (Å²) in [6.07, 6.45) is 0. The number of anilines is 3. The Hall–Kier alpha value is -6.32. The number of fused-ring (bicyclic) bond motifs is 9. The minimum absolute atomic E-state index is 0.326. The molecule has 244 valence electrons. The topological polar surface area (TPSA) is 21.3 Å². The van der Waals surface area contributed by atoms with E-state index in [1.54, 1.807) is 0 Å². The molecule has 0 aliphatic carbocycles. The van der Waals surface area contributed by atoms with E-state index in [1.165, 1.54) is 52.2 Å². The van der Waals surface area contributed by atoms with Crippen molar-refractivity contribution < 1.29 is 4.42 Å². The van der Waals surface area contributed by atoms with E-state index in [1.807, 2.05) is 6.07 Å². The molecule has 8 aromatic carbocycles. The fourth-order valence-corrected chi connectivity index (χ4v) is 10.4. The minimum atomic E-state index is 0.326. The summed E-state index contributed by atoms with van der Waals surface area (Å²) < 4.78 is 11.7. The van der Waals surface area contributed by atoms with Crippen molar-refractivity contribution in [2.24, 2.45) is 0 Å². The minimum Gasteiger partial charge on any atom is -0.0602 e. The summed E-state index contributed by atoms with van der Waals surface area (Å²) in [7, 11) is 0. The van der Waals surface area contributed by atoms with Crippen molar-refractivity contribution in [3.63, 3.8) is 0 Å². The van der Waals surface area contributed by atoms with Gasteiger partial charge in [0.1, 0.15) is 0 Å². The van der Waals surface area contributed by atoms with Crippen LogP contribution in [0, 0.1) is 0 Å². The van der Waals surface area contributed by atoms with Crippen LogP contribution in [0.4, 0.5) is 17.1 Å². The first-order chi connectivity index (χ1) is 25.8. The van der Waals surface area contributed by atoms with Gasteiger partial charge >= 0.3 is 219 Å². The first kappa shape index (κ1) is 29.4. The summed E-state index contributed by atoms with van der Waals surface area (Å²) in [5.74, 6) is 0. The molecule has 0 atom stereocenters. The fraction of sp³-hybridized carbons (Fsp3) is 0. The van der Waals surface area contributed by atoms with Gasteiger partial charge in [0, 0.05) is 5.69 Å². The molecule has 11 aromatic rings. The monoisotopic (exact) mass is 730 g/mol. The molecule has 0 aliphatic rings. The van der Waals surface area contributed by atoms with Gasteiger partial charge in [-0.15, -0.1) is 0 Å². The molecule has 0 radical (unpaired) electrons. The van der Waals surface area contributed by atoms with E-state index < -0.39 is 0 Å². The zero-order valence-electron chi connectivity index (χ0n) is 28.0. The molecule has 3 heterocycles. The number of para-hydroxylation sites is 3. The quantitative estimate of drug-likeness (QED) is 0.165. The molecule has 0 fully saturated rings. The standard InChI is InChI=1S/C48H30N2OSe/c1-2-11-33(12-3-1)50-41-16-7-4-13-36(41)40-30-35(26-28-42(40)50)49(43-17-10-19-45-48(43)39-15-5-8-18-44(39)51-45)34-24-21-31(22-25-34)32-23-27-38-37-14-6-9-20-46(37)52-47(38)29-32/h1-30H. The Morgan fingerprint density at radius 2 is 1.10 bits per heavy atom. The normalized spacial score (nSPS) is 11.8. The van der Waals surface area contributed by atoms with Crippen LogP contribution in [0.5, 0.6) is 0 Å². The number of benzene rings is 8. The average molecular weight is 730 g/mol. The van der Waals surface area contributed by atoms with E-state index >= 15 is 0 Å². The Morgan fingerprint density at radius 1 is 0.423 bits per heavy atom. The molecule has 0 aliphatic heterocycles. The Kier molecular flexibility index (Phi) is 6.57. The van der Waals surface area contributed by atoms with Crippen molar-refractivity contribution in [2.75, 3.05) is 4.90 Å². The van der Waals surface area contributed by atoms with Gasteiger partial charge in [0.25, 0.3) is 0 Å². The van der Waals surface area contributed by atoms with Crippen molar-refractivity contribution in [3.05, 3.63) is 182 Å². The van der Waals surface area contributed by atoms with Crippen LogP contribution in [0.15, 0.2) is 186 Å². The van der Waals surface area contributed by atoms with Gasteiger partial charge in [0.05, 0.1) is 5.52 Å². The SMILES string of the molecule is c1ccc(-n2c3ccccc3c3cc(N(c4ccc(-c5ccc6c(c5)[se]c5ccccc56)cc4)c4cccc5oc6ccccc6c45)ccc32)cc1. The predicted molar refractivity (Wildman–Crippen MR) is 220 cm³/mol. The number of rotatable bonds is 5. The van der Waals surface area contributed by atoms with E-state index in [-0.39, 0.29) is 0 Å². The molecular weight excluding hydrogens is 700 g/mol. The number of furan rings is 1. The molecule has 11 rings (SSSR count). The maximum atomic E-state index is 6.40. The summed E-state index contributed by atoms with van der Waals surface area (Å²) in [6, 6.07) is 65.9. The first-order valence-corrected chi connectivity index (χ1v) is 19.3. The van der Waals surface area contributed by atoms with Crippen LogP contribution >= 0.6 is 0 Å². The zero-order valence-corrected chi connectivity index (χ0v) is 29.7. The van der Waals surface area contributed by atoms with Crippen molar-refractivity contribution >= 4 is 94.6 Å². The van der Waals surface area contributed by atoms with E-state index in [0.717, 1.165) is 44.7 Å². The van der Waals surface area contributed by atoms with Crippen LogP contribution < -0.4 is 4.90 Å². The van der Waals surface area contributed by atoms with Crippen molar-refractivity contribution in [1.82, 2.24) is 4.57 Å².